The van der Waals surface area contributed by atoms with Gasteiger partial charge in [0, 0.05) is 55.1 Å². The first kappa shape index (κ1) is 18.4. The largest absolute Gasteiger partial charge is 0.378 e. The molecule has 150 valence electrons. The van der Waals surface area contributed by atoms with Gasteiger partial charge in [-0.15, -0.1) is 0 Å². The number of benzene rings is 3. The number of anilines is 1. The second-order valence-electron chi connectivity index (χ2n) is 7.94. The Bertz CT molecular complexity index is 1120. The molecule has 2 aliphatic heterocycles. The fourth-order valence-corrected chi connectivity index (χ4v) is 4.77. The molecule has 1 unspecified atom stereocenters. The van der Waals surface area contributed by atoms with Crippen LogP contribution < -0.4 is 4.90 Å². The number of rotatable bonds is 3. The molecule has 3 aromatic rings. The van der Waals surface area contributed by atoms with Gasteiger partial charge in [-0.05, 0) is 30.3 Å². The first-order chi connectivity index (χ1) is 14.5. The van der Waals surface area contributed by atoms with Crippen LogP contribution in [0.15, 0.2) is 78.9 Å². The van der Waals surface area contributed by atoms with Crippen molar-refractivity contribution >= 4 is 17.5 Å². The van der Waals surface area contributed by atoms with Gasteiger partial charge in [0.25, 0.3) is 11.8 Å². The van der Waals surface area contributed by atoms with Gasteiger partial charge in [0.05, 0.1) is 0 Å². The topological polar surface area (TPSA) is 43.9 Å². The molecule has 2 heterocycles. The van der Waals surface area contributed by atoms with E-state index >= 15 is 0 Å². The van der Waals surface area contributed by atoms with Crippen LogP contribution in [0.4, 0.5) is 5.69 Å². The van der Waals surface area contributed by atoms with Crippen molar-refractivity contribution in [2.24, 2.45) is 0 Å². The average Bonchev–Trinajstić information content (AvgIpc) is 3.30. The molecule has 0 N–H and O–H groups in total. The summed E-state index contributed by atoms with van der Waals surface area (Å²) >= 11 is 0. The van der Waals surface area contributed by atoms with Crippen LogP contribution in [0.2, 0.25) is 0 Å². The third-order valence-corrected chi connectivity index (χ3v) is 6.16. The number of hydrogen-bond donors (Lipinski definition) is 0. The molecule has 30 heavy (non-hydrogen) atoms. The molecule has 5 nitrogen and oxygen atoms in total. The van der Waals surface area contributed by atoms with Crippen molar-refractivity contribution in [1.82, 2.24) is 9.80 Å². The Morgan fingerprint density at radius 2 is 1.53 bits per heavy atom. The molecule has 0 aliphatic carbocycles. The molecule has 0 saturated carbocycles. The molecule has 2 aliphatic rings. The summed E-state index contributed by atoms with van der Waals surface area (Å²) in [7, 11) is 3.95. The zero-order chi connectivity index (χ0) is 20.9. The lowest BCUT2D eigenvalue weighted by Gasteiger charge is -2.40. The van der Waals surface area contributed by atoms with E-state index in [0.29, 0.717) is 24.2 Å². The van der Waals surface area contributed by atoms with Crippen molar-refractivity contribution in [3.63, 3.8) is 0 Å². The Balaban J connectivity index is 1.68. The van der Waals surface area contributed by atoms with Crippen molar-refractivity contribution < 1.29 is 9.59 Å². The van der Waals surface area contributed by atoms with Crippen molar-refractivity contribution in [3.8, 4) is 0 Å². The van der Waals surface area contributed by atoms with E-state index in [2.05, 4.69) is 0 Å². The minimum Gasteiger partial charge on any atom is -0.378 e. The van der Waals surface area contributed by atoms with Crippen molar-refractivity contribution in [3.05, 3.63) is 101 Å². The van der Waals surface area contributed by atoms with Gasteiger partial charge >= 0.3 is 0 Å². The summed E-state index contributed by atoms with van der Waals surface area (Å²) in [5, 5.41) is 0. The average molecular weight is 397 g/mol. The second-order valence-corrected chi connectivity index (χ2v) is 7.94. The molecule has 2 amide bonds. The summed E-state index contributed by atoms with van der Waals surface area (Å²) in [6.07, 6.45) is 0. The van der Waals surface area contributed by atoms with Gasteiger partial charge in [-0.3, -0.25) is 9.59 Å². The molecule has 1 atom stereocenters. The Morgan fingerprint density at radius 1 is 0.867 bits per heavy atom. The van der Waals surface area contributed by atoms with Crippen LogP contribution in [0, 0.1) is 0 Å². The van der Waals surface area contributed by atoms with E-state index in [1.54, 1.807) is 0 Å². The molecule has 0 spiro atoms. The Kier molecular flexibility index (Phi) is 4.13. The van der Waals surface area contributed by atoms with Crippen LogP contribution >= 0.6 is 0 Å². The predicted molar refractivity (Wildman–Crippen MR) is 117 cm³/mol. The van der Waals surface area contributed by atoms with Crippen LogP contribution in [0.25, 0.3) is 0 Å². The van der Waals surface area contributed by atoms with Gasteiger partial charge in [0.1, 0.15) is 0 Å². The minimum atomic E-state index is -0.910. The van der Waals surface area contributed by atoms with Crippen molar-refractivity contribution in [2.45, 2.75) is 5.66 Å². The number of amides is 2. The highest BCUT2D eigenvalue weighted by molar-refractivity contribution is 6.03. The quantitative estimate of drug-likeness (QED) is 0.679. The molecule has 0 bridgehead atoms. The third-order valence-electron chi connectivity index (χ3n) is 6.16. The Hall–Kier alpha value is -3.60. The van der Waals surface area contributed by atoms with Crippen LogP contribution in [-0.2, 0) is 5.66 Å². The van der Waals surface area contributed by atoms with Crippen LogP contribution in [-0.4, -0.2) is 48.8 Å². The maximum absolute atomic E-state index is 13.7. The highest BCUT2D eigenvalue weighted by Gasteiger charge is 2.59. The van der Waals surface area contributed by atoms with E-state index in [-0.39, 0.29) is 11.8 Å². The molecule has 1 saturated heterocycles. The smallest absolute Gasteiger partial charge is 0.256 e. The van der Waals surface area contributed by atoms with Crippen LogP contribution in [0.1, 0.15) is 31.8 Å². The van der Waals surface area contributed by atoms with E-state index in [1.807, 2.05) is 108 Å². The highest BCUT2D eigenvalue weighted by Crippen LogP contribution is 2.49. The van der Waals surface area contributed by atoms with Gasteiger partial charge in [0.2, 0.25) is 0 Å². The maximum atomic E-state index is 13.7. The summed E-state index contributed by atoms with van der Waals surface area (Å²) in [5.74, 6) is -0.0936. The predicted octanol–water partition coefficient (Wildman–Crippen LogP) is 3.57. The van der Waals surface area contributed by atoms with E-state index < -0.39 is 5.66 Å². The van der Waals surface area contributed by atoms with Gasteiger partial charge in [-0.1, -0.05) is 48.5 Å². The number of nitrogens with zero attached hydrogens (tertiary/aromatic N) is 3. The van der Waals surface area contributed by atoms with E-state index in [4.69, 9.17) is 0 Å². The normalized spacial score (nSPS) is 19.6. The SMILES string of the molecule is CN(C)c1ccc(C(=O)N2CCN3C(=O)c4ccccc4C23c2ccccc2)cc1. The number of carbonyl (C=O) groups is 2. The van der Waals surface area contributed by atoms with Gasteiger partial charge in [0.15, 0.2) is 5.66 Å². The Morgan fingerprint density at radius 3 is 2.23 bits per heavy atom. The lowest BCUT2D eigenvalue weighted by molar-refractivity contribution is 0.0375. The number of fused-ring (bicyclic) bond motifs is 3. The standard InChI is InChI=1S/C25H23N3O2/c1-26(2)20-14-12-18(13-15-20)23(29)27-16-17-28-24(30)21-10-6-7-11-22(21)25(27,28)19-8-4-3-5-9-19/h3-15H,16-17H2,1-2H3. The number of carbonyl (C=O) groups excluding carboxylic acids is 2. The van der Waals surface area contributed by atoms with Gasteiger partial charge in [-0.25, -0.2) is 0 Å². The van der Waals surface area contributed by atoms with Crippen LogP contribution in [0.5, 0.6) is 0 Å². The lowest BCUT2D eigenvalue weighted by atomic mass is 9.89. The zero-order valence-electron chi connectivity index (χ0n) is 17.1. The summed E-state index contributed by atoms with van der Waals surface area (Å²) in [5.41, 5.74) is 3.22. The molecule has 0 aromatic heterocycles. The fourth-order valence-electron chi connectivity index (χ4n) is 4.77. The third kappa shape index (κ3) is 2.41. The summed E-state index contributed by atoms with van der Waals surface area (Å²) in [6.45, 7) is 0.993. The fraction of sp³-hybridized carbons (Fsp3) is 0.200. The van der Waals surface area contributed by atoms with Gasteiger partial charge < -0.3 is 14.7 Å². The Labute approximate surface area is 176 Å². The second kappa shape index (κ2) is 6.73. The van der Waals surface area contributed by atoms with E-state index in [0.717, 1.165) is 16.8 Å². The van der Waals surface area contributed by atoms with Crippen molar-refractivity contribution in [2.75, 3.05) is 32.1 Å². The molecule has 5 heteroatoms. The summed E-state index contributed by atoms with van der Waals surface area (Å²) < 4.78 is 0. The molecule has 5 rings (SSSR count). The maximum Gasteiger partial charge on any atom is 0.256 e. The molecule has 3 aromatic carbocycles. The molecular formula is C25H23N3O2. The lowest BCUT2D eigenvalue weighted by Crippen LogP contribution is -2.51. The summed E-state index contributed by atoms with van der Waals surface area (Å²) in [6, 6.07) is 25.1. The zero-order valence-corrected chi connectivity index (χ0v) is 17.1. The van der Waals surface area contributed by atoms with E-state index in [1.165, 1.54) is 0 Å². The first-order valence-corrected chi connectivity index (χ1v) is 10.1. The van der Waals surface area contributed by atoms with Crippen molar-refractivity contribution in [1.29, 1.82) is 0 Å². The number of hydrogen-bond acceptors (Lipinski definition) is 3. The van der Waals surface area contributed by atoms with Gasteiger partial charge in [-0.2, -0.15) is 0 Å². The van der Waals surface area contributed by atoms with Crippen LogP contribution in [0.3, 0.4) is 0 Å². The van der Waals surface area contributed by atoms with E-state index in [9.17, 15) is 9.59 Å². The summed E-state index contributed by atoms with van der Waals surface area (Å²) in [4.78, 5) is 32.7. The highest BCUT2D eigenvalue weighted by atomic mass is 16.2. The first-order valence-electron chi connectivity index (χ1n) is 10.1. The monoisotopic (exact) mass is 397 g/mol. The molecule has 0 radical (unpaired) electrons. The molecular weight excluding hydrogens is 374 g/mol. The molecule has 1 fully saturated rings. The minimum absolute atomic E-state index is 0.0206.